The number of rotatable bonds is 1. The molecule has 3 rings (SSSR count). The van der Waals surface area contributed by atoms with Gasteiger partial charge in [-0.1, -0.05) is 12.1 Å². The lowest BCUT2D eigenvalue weighted by Gasteiger charge is -2.41. The van der Waals surface area contributed by atoms with Gasteiger partial charge < -0.3 is 10.2 Å². The molecule has 2 unspecified atom stereocenters. The summed E-state index contributed by atoms with van der Waals surface area (Å²) in [6.45, 7) is 3.44. The molecule has 0 spiro atoms. The van der Waals surface area contributed by atoms with Crippen LogP contribution in [-0.4, -0.2) is 35.8 Å². The normalized spacial score (nSPS) is 25.2. The number of nitrogens with one attached hydrogen (secondary N) is 1. The third kappa shape index (κ3) is 2.84. The average molecular weight is 351 g/mol. The minimum absolute atomic E-state index is 0.0842. The molecule has 2 aliphatic rings. The average Bonchev–Trinajstić information content (AvgIpc) is 2.49. The number of benzene rings is 1. The lowest BCUT2D eigenvalue weighted by Crippen LogP contribution is -2.55. The summed E-state index contributed by atoms with van der Waals surface area (Å²) in [6.07, 6.45) is 2.32. The molecule has 1 aromatic rings. The van der Waals surface area contributed by atoms with Crippen LogP contribution in [0.25, 0.3) is 0 Å². The van der Waals surface area contributed by atoms with Gasteiger partial charge in [0.05, 0.1) is 5.56 Å². The van der Waals surface area contributed by atoms with Crippen molar-refractivity contribution in [2.75, 3.05) is 13.1 Å². The Balaban J connectivity index is 1.75. The highest BCUT2D eigenvalue weighted by molar-refractivity contribution is 9.10. The van der Waals surface area contributed by atoms with Gasteiger partial charge in [0.25, 0.3) is 5.91 Å². The van der Waals surface area contributed by atoms with Gasteiger partial charge in [0, 0.05) is 30.0 Å². The molecule has 21 heavy (non-hydrogen) atoms. The van der Waals surface area contributed by atoms with Crippen LogP contribution in [0, 0.1) is 12.8 Å². The molecule has 2 saturated heterocycles. The van der Waals surface area contributed by atoms with Gasteiger partial charge in [-0.05, 0) is 53.2 Å². The molecular weight excluding hydrogens is 332 g/mol. The van der Waals surface area contributed by atoms with E-state index in [4.69, 9.17) is 0 Å². The van der Waals surface area contributed by atoms with Gasteiger partial charge in [-0.3, -0.25) is 9.59 Å². The summed E-state index contributed by atoms with van der Waals surface area (Å²) in [5.41, 5.74) is 1.80. The van der Waals surface area contributed by atoms with Crippen LogP contribution in [0.3, 0.4) is 0 Å². The molecule has 0 bridgehead atoms. The molecule has 4 nitrogen and oxygen atoms in total. The van der Waals surface area contributed by atoms with E-state index in [1.165, 1.54) is 0 Å². The predicted octanol–water partition coefficient (Wildman–Crippen LogP) is 2.50. The molecule has 1 N–H and O–H groups in total. The number of carbonyl (C=O) groups is 2. The van der Waals surface area contributed by atoms with Crippen LogP contribution in [0.15, 0.2) is 22.7 Å². The highest BCUT2D eigenvalue weighted by atomic mass is 79.9. The van der Waals surface area contributed by atoms with Crippen LogP contribution in [0.4, 0.5) is 0 Å². The summed E-state index contributed by atoms with van der Waals surface area (Å²) >= 11 is 3.52. The number of amides is 2. The fourth-order valence-electron chi connectivity index (χ4n) is 3.28. The zero-order valence-corrected chi connectivity index (χ0v) is 13.6. The Morgan fingerprint density at radius 3 is 3.00 bits per heavy atom. The number of likely N-dealkylation sites (tertiary alicyclic amines) is 1. The second-order valence-electron chi connectivity index (χ2n) is 5.95. The molecule has 0 aromatic heterocycles. The molecule has 2 aliphatic heterocycles. The summed E-state index contributed by atoms with van der Waals surface area (Å²) in [5.74, 6) is 0.627. The third-order valence-electron chi connectivity index (χ3n) is 4.53. The molecule has 2 fully saturated rings. The van der Waals surface area contributed by atoms with Crippen molar-refractivity contribution in [3.63, 3.8) is 0 Å². The molecule has 0 saturated carbocycles. The first kappa shape index (κ1) is 14.6. The second kappa shape index (κ2) is 5.79. The Kier molecular flexibility index (Phi) is 4.02. The maximum Gasteiger partial charge on any atom is 0.255 e. The lowest BCUT2D eigenvalue weighted by molar-refractivity contribution is -0.125. The Morgan fingerprint density at radius 1 is 1.38 bits per heavy atom. The zero-order chi connectivity index (χ0) is 15.0. The maximum atomic E-state index is 12.7. The molecule has 5 heteroatoms. The number of hydrogen-bond donors (Lipinski definition) is 1. The van der Waals surface area contributed by atoms with Crippen molar-refractivity contribution in [2.24, 2.45) is 5.92 Å². The molecule has 2 amide bonds. The molecular formula is C16H19BrN2O2. The van der Waals surface area contributed by atoms with E-state index in [2.05, 4.69) is 21.2 Å². The largest absolute Gasteiger partial charge is 0.353 e. The highest BCUT2D eigenvalue weighted by Gasteiger charge is 2.35. The summed E-state index contributed by atoms with van der Waals surface area (Å²) in [7, 11) is 0. The minimum atomic E-state index is 0.0842. The Hall–Kier alpha value is -1.36. The SMILES string of the molecule is Cc1cccc(C(=O)N2CCC3NC(=O)CCC3C2)c1Br. The summed E-state index contributed by atoms with van der Waals surface area (Å²) in [5, 5.41) is 3.05. The number of nitrogens with zero attached hydrogens (tertiary/aromatic N) is 1. The highest BCUT2D eigenvalue weighted by Crippen LogP contribution is 2.28. The fourth-order valence-corrected chi connectivity index (χ4v) is 3.71. The monoisotopic (exact) mass is 350 g/mol. The number of fused-ring (bicyclic) bond motifs is 1. The Bertz CT molecular complexity index is 588. The Labute approximate surface area is 133 Å². The predicted molar refractivity (Wildman–Crippen MR) is 84.1 cm³/mol. The fraction of sp³-hybridized carbons (Fsp3) is 0.500. The lowest BCUT2D eigenvalue weighted by atomic mass is 9.85. The van der Waals surface area contributed by atoms with Crippen LogP contribution < -0.4 is 5.32 Å². The number of aryl methyl sites for hydroxylation is 1. The van der Waals surface area contributed by atoms with Crippen molar-refractivity contribution in [1.82, 2.24) is 10.2 Å². The van der Waals surface area contributed by atoms with Crippen LogP contribution >= 0.6 is 15.9 Å². The van der Waals surface area contributed by atoms with Crippen LogP contribution in [0.5, 0.6) is 0 Å². The quantitative estimate of drug-likeness (QED) is 0.845. The van der Waals surface area contributed by atoms with Crippen molar-refractivity contribution in [3.05, 3.63) is 33.8 Å². The van der Waals surface area contributed by atoms with Crippen molar-refractivity contribution in [2.45, 2.75) is 32.2 Å². The van der Waals surface area contributed by atoms with Crippen LogP contribution in [-0.2, 0) is 4.79 Å². The summed E-state index contributed by atoms with van der Waals surface area (Å²) in [6, 6.07) is 6.02. The standard InChI is InChI=1S/C16H19BrN2O2/c1-10-3-2-4-12(15(10)17)16(21)19-8-7-13-11(9-19)5-6-14(20)18-13/h2-4,11,13H,5-9H2,1H3,(H,18,20). The van der Waals surface area contributed by atoms with Gasteiger partial charge in [0.2, 0.25) is 5.91 Å². The summed E-state index contributed by atoms with van der Waals surface area (Å²) < 4.78 is 0.883. The summed E-state index contributed by atoms with van der Waals surface area (Å²) in [4.78, 5) is 26.1. The number of carbonyl (C=O) groups excluding carboxylic acids is 2. The first-order valence-corrected chi connectivity index (χ1v) is 8.19. The van der Waals surface area contributed by atoms with E-state index >= 15 is 0 Å². The molecule has 0 radical (unpaired) electrons. The van der Waals surface area contributed by atoms with Gasteiger partial charge in [0.1, 0.15) is 0 Å². The van der Waals surface area contributed by atoms with Crippen molar-refractivity contribution in [3.8, 4) is 0 Å². The number of halogens is 1. The van der Waals surface area contributed by atoms with Gasteiger partial charge in [-0.25, -0.2) is 0 Å². The molecule has 2 atom stereocenters. The van der Waals surface area contributed by atoms with E-state index in [0.717, 1.165) is 35.0 Å². The topological polar surface area (TPSA) is 49.4 Å². The molecule has 1 aromatic carbocycles. The van der Waals surface area contributed by atoms with E-state index < -0.39 is 0 Å². The maximum absolute atomic E-state index is 12.7. The van der Waals surface area contributed by atoms with E-state index in [9.17, 15) is 9.59 Å². The second-order valence-corrected chi connectivity index (χ2v) is 6.74. The Morgan fingerprint density at radius 2 is 2.19 bits per heavy atom. The minimum Gasteiger partial charge on any atom is -0.353 e. The molecule has 2 heterocycles. The van der Waals surface area contributed by atoms with Crippen molar-refractivity contribution >= 4 is 27.7 Å². The van der Waals surface area contributed by atoms with Crippen molar-refractivity contribution < 1.29 is 9.59 Å². The van der Waals surface area contributed by atoms with E-state index in [1.54, 1.807) is 0 Å². The van der Waals surface area contributed by atoms with Gasteiger partial charge in [-0.2, -0.15) is 0 Å². The van der Waals surface area contributed by atoms with Crippen molar-refractivity contribution in [1.29, 1.82) is 0 Å². The van der Waals surface area contributed by atoms with E-state index in [0.29, 0.717) is 18.9 Å². The van der Waals surface area contributed by atoms with Gasteiger partial charge in [-0.15, -0.1) is 0 Å². The van der Waals surface area contributed by atoms with Gasteiger partial charge >= 0.3 is 0 Å². The number of hydrogen-bond acceptors (Lipinski definition) is 2. The molecule has 112 valence electrons. The van der Waals surface area contributed by atoms with Gasteiger partial charge in [0.15, 0.2) is 0 Å². The van der Waals surface area contributed by atoms with Crippen LogP contribution in [0.1, 0.15) is 35.2 Å². The zero-order valence-electron chi connectivity index (χ0n) is 12.1. The smallest absolute Gasteiger partial charge is 0.255 e. The van der Waals surface area contributed by atoms with Crippen LogP contribution in [0.2, 0.25) is 0 Å². The first-order valence-electron chi connectivity index (χ1n) is 7.40. The number of piperidine rings is 2. The third-order valence-corrected chi connectivity index (χ3v) is 5.58. The molecule has 0 aliphatic carbocycles. The van der Waals surface area contributed by atoms with E-state index in [-0.39, 0.29) is 17.9 Å². The van der Waals surface area contributed by atoms with E-state index in [1.807, 2.05) is 30.0 Å². The first-order chi connectivity index (χ1) is 10.1.